The first-order chi connectivity index (χ1) is 8.38. The molecule has 1 saturated carbocycles. The number of nitrogens with zero attached hydrogens (tertiary/aromatic N) is 2. The van der Waals surface area contributed by atoms with E-state index in [-0.39, 0.29) is 6.10 Å². The highest BCUT2D eigenvalue weighted by molar-refractivity contribution is 6.03. The molecule has 0 radical (unpaired) electrons. The van der Waals surface area contributed by atoms with Gasteiger partial charge in [0.05, 0.1) is 17.3 Å². The molecule has 1 heterocycles. The Morgan fingerprint density at radius 2 is 1.94 bits per heavy atom. The van der Waals surface area contributed by atoms with E-state index < -0.39 is 0 Å². The summed E-state index contributed by atoms with van der Waals surface area (Å²) in [7, 11) is 0. The van der Waals surface area contributed by atoms with Crippen molar-refractivity contribution in [2.45, 2.75) is 31.8 Å². The van der Waals surface area contributed by atoms with Gasteiger partial charge in [0, 0.05) is 5.92 Å². The molecule has 2 aliphatic rings. The molecule has 0 amide bonds. The predicted molar refractivity (Wildman–Crippen MR) is 64.5 cm³/mol. The van der Waals surface area contributed by atoms with Crippen molar-refractivity contribution in [1.29, 1.82) is 5.26 Å². The van der Waals surface area contributed by atoms with E-state index in [9.17, 15) is 0 Å². The maximum atomic E-state index is 8.78. The summed E-state index contributed by atoms with van der Waals surface area (Å²) in [5, 5.41) is 13.0. The Morgan fingerprint density at radius 3 is 2.71 bits per heavy atom. The molecule has 0 N–H and O–H groups in total. The molecule has 0 aromatic heterocycles. The Balaban J connectivity index is 1.86. The van der Waals surface area contributed by atoms with Crippen molar-refractivity contribution in [3.63, 3.8) is 0 Å². The van der Waals surface area contributed by atoms with Crippen molar-refractivity contribution in [2.24, 2.45) is 11.1 Å². The van der Waals surface area contributed by atoms with Crippen molar-refractivity contribution >= 4 is 5.71 Å². The molecular formula is C14H14N2O. The molecule has 0 saturated heterocycles. The van der Waals surface area contributed by atoms with Crippen LogP contribution < -0.4 is 0 Å². The Kier molecular flexibility index (Phi) is 2.56. The minimum absolute atomic E-state index is 0.286. The monoisotopic (exact) mass is 226 g/mol. The zero-order valence-corrected chi connectivity index (χ0v) is 9.60. The Morgan fingerprint density at radius 1 is 1.18 bits per heavy atom. The van der Waals surface area contributed by atoms with Crippen LogP contribution in [0.25, 0.3) is 0 Å². The molecule has 0 spiro atoms. The fraction of sp³-hybridized carbons (Fsp3) is 0.429. The smallest absolute Gasteiger partial charge is 0.136 e. The second kappa shape index (κ2) is 4.21. The Hall–Kier alpha value is -1.82. The average molecular weight is 226 g/mol. The quantitative estimate of drug-likeness (QED) is 0.739. The molecule has 1 aromatic rings. The van der Waals surface area contributed by atoms with E-state index in [0.717, 1.165) is 17.7 Å². The van der Waals surface area contributed by atoms with Crippen molar-refractivity contribution in [3.05, 3.63) is 35.4 Å². The molecule has 86 valence electrons. The van der Waals surface area contributed by atoms with E-state index in [4.69, 9.17) is 10.1 Å². The number of oxime groups is 1. The Labute approximate surface area is 101 Å². The van der Waals surface area contributed by atoms with Gasteiger partial charge >= 0.3 is 0 Å². The lowest BCUT2D eigenvalue weighted by Crippen LogP contribution is -2.27. The number of benzene rings is 1. The SMILES string of the molecule is N#Cc1ccc(C2=NO[C@H]3CCCC[C@@H]23)cc1. The van der Waals surface area contributed by atoms with Gasteiger partial charge in [0.1, 0.15) is 6.10 Å². The number of hydrogen-bond donors (Lipinski definition) is 0. The largest absolute Gasteiger partial charge is 0.392 e. The van der Waals surface area contributed by atoms with Crippen LogP contribution in [0.1, 0.15) is 36.8 Å². The zero-order chi connectivity index (χ0) is 11.7. The van der Waals surface area contributed by atoms with E-state index in [0.29, 0.717) is 11.5 Å². The van der Waals surface area contributed by atoms with Gasteiger partial charge in [0.2, 0.25) is 0 Å². The van der Waals surface area contributed by atoms with Crippen LogP contribution in [0.5, 0.6) is 0 Å². The average Bonchev–Trinajstić information content (AvgIpc) is 2.83. The summed E-state index contributed by atoms with van der Waals surface area (Å²) in [6.45, 7) is 0. The van der Waals surface area contributed by atoms with E-state index >= 15 is 0 Å². The van der Waals surface area contributed by atoms with Crippen molar-refractivity contribution < 1.29 is 4.84 Å². The molecule has 3 heteroatoms. The highest BCUT2D eigenvalue weighted by Crippen LogP contribution is 2.34. The van der Waals surface area contributed by atoms with Crippen LogP contribution in [0.3, 0.4) is 0 Å². The van der Waals surface area contributed by atoms with Gasteiger partial charge in [0.25, 0.3) is 0 Å². The summed E-state index contributed by atoms with van der Waals surface area (Å²) < 4.78 is 0. The zero-order valence-electron chi connectivity index (χ0n) is 9.60. The number of rotatable bonds is 1. The maximum absolute atomic E-state index is 8.78. The second-order valence-electron chi connectivity index (χ2n) is 4.70. The minimum atomic E-state index is 0.286. The van der Waals surface area contributed by atoms with E-state index in [1.54, 1.807) is 0 Å². The van der Waals surface area contributed by atoms with Gasteiger partial charge in [0.15, 0.2) is 0 Å². The second-order valence-corrected chi connectivity index (χ2v) is 4.70. The minimum Gasteiger partial charge on any atom is -0.392 e. The lowest BCUT2D eigenvalue weighted by atomic mass is 9.81. The molecule has 1 aromatic carbocycles. The van der Waals surface area contributed by atoms with Gasteiger partial charge in [-0.2, -0.15) is 5.26 Å². The van der Waals surface area contributed by atoms with Crippen LogP contribution >= 0.6 is 0 Å². The summed E-state index contributed by atoms with van der Waals surface area (Å²) in [6.07, 6.45) is 5.09. The maximum Gasteiger partial charge on any atom is 0.136 e. The van der Waals surface area contributed by atoms with Crippen LogP contribution in [-0.2, 0) is 4.84 Å². The molecule has 1 fully saturated rings. The number of hydrogen-bond acceptors (Lipinski definition) is 3. The van der Waals surface area contributed by atoms with Crippen molar-refractivity contribution in [3.8, 4) is 6.07 Å². The first kappa shape index (κ1) is 10.3. The predicted octanol–water partition coefficient (Wildman–Crippen LogP) is 2.85. The van der Waals surface area contributed by atoms with Crippen LogP contribution in [-0.4, -0.2) is 11.8 Å². The molecule has 17 heavy (non-hydrogen) atoms. The molecule has 2 atom stereocenters. The Bertz CT molecular complexity index is 484. The van der Waals surface area contributed by atoms with Crippen LogP contribution in [0, 0.1) is 17.2 Å². The molecule has 3 nitrogen and oxygen atoms in total. The first-order valence-corrected chi connectivity index (χ1v) is 6.13. The van der Waals surface area contributed by atoms with Crippen molar-refractivity contribution in [2.75, 3.05) is 0 Å². The fourth-order valence-electron chi connectivity index (χ4n) is 2.71. The summed E-state index contributed by atoms with van der Waals surface area (Å²) in [5.41, 5.74) is 2.85. The van der Waals surface area contributed by atoms with E-state index in [2.05, 4.69) is 11.2 Å². The van der Waals surface area contributed by atoms with E-state index in [1.807, 2.05) is 24.3 Å². The third-order valence-corrected chi connectivity index (χ3v) is 3.65. The van der Waals surface area contributed by atoms with Crippen LogP contribution in [0.2, 0.25) is 0 Å². The molecule has 0 unspecified atom stereocenters. The summed E-state index contributed by atoms with van der Waals surface area (Å²) in [6, 6.07) is 9.75. The van der Waals surface area contributed by atoms with Crippen LogP contribution in [0.15, 0.2) is 29.4 Å². The van der Waals surface area contributed by atoms with Gasteiger partial charge < -0.3 is 4.84 Å². The standard InChI is InChI=1S/C14H14N2O/c15-9-10-5-7-11(8-6-10)14-12-3-1-2-4-13(12)17-16-14/h5-8,12-13H,1-4H2/t12-,13+/m1/s1. The first-order valence-electron chi connectivity index (χ1n) is 6.13. The van der Waals surface area contributed by atoms with Gasteiger partial charge in [-0.25, -0.2) is 0 Å². The summed E-state index contributed by atoms with van der Waals surface area (Å²) >= 11 is 0. The topological polar surface area (TPSA) is 45.4 Å². The van der Waals surface area contributed by atoms with Crippen LogP contribution in [0.4, 0.5) is 0 Å². The highest BCUT2D eigenvalue weighted by Gasteiger charge is 2.36. The number of nitriles is 1. The summed E-state index contributed by atoms with van der Waals surface area (Å²) in [5.74, 6) is 0.455. The van der Waals surface area contributed by atoms with Gasteiger partial charge in [-0.3, -0.25) is 0 Å². The van der Waals surface area contributed by atoms with Gasteiger partial charge in [-0.1, -0.05) is 23.7 Å². The lowest BCUT2D eigenvalue weighted by Gasteiger charge is -2.23. The molecular weight excluding hydrogens is 212 g/mol. The number of fused-ring (bicyclic) bond motifs is 1. The molecule has 1 aliphatic carbocycles. The molecule has 1 aliphatic heterocycles. The highest BCUT2D eigenvalue weighted by atomic mass is 16.6. The van der Waals surface area contributed by atoms with Gasteiger partial charge in [-0.15, -0.1) is 0 Å². The summed E-state index contributed by atoms with van der Waals surface area (Å²) in [4.78, 5) is 5.50. The lowest BCUT2D eigenvalue weighted by molar-refractivity contribution is 0.0397. The third-order valence-electron chi connectivity index (χ3n) is 3.65. The third kappa shape index (κ3) is 1.80. The normalized spacial score (nSPS) is 26.6. The van der Waals surface area contributed by atoms with E-state index in [1.165, 1.54) is 19.3 Å². The van der Waals surface area contributed by atoms with Gasteiger partial charge in [-0.05, 0) is 37.0 Å². The molecule has 0 bridgehead atoms. The fourth-order valence-corrected chi connectivity index (χ4v) is 2.71. The van der Waals surface area contributed by atoms with Crippen molar-refractivity contribution in [1.82, 2.24) is 0 Å². The molecule has 3 rings (SSSR count).